The summed E-state index contributed by atoms with van der Waals surface area (Å²) in [5, 5.41) is 4.46. The van der Waals surface area contributed by atoms with Crippen LogP contribution in [-0.2, 0) is 24.4 Å². The summed E-state index contributed by atoms with van der Waals surface area (Å²) in [5.41, 5.74) is 1.98. The summed E-state index contributed by atoms with van der Waals surface area (Å²) in [7, 11) is 1.93. The zero-order chi connectivity index (χ0) is 19.2. The van der Waals surface area contributed by atoms with Crippen molar-refractivity contribution in [3.05, 3.63) is 47.7 Å². The number of para-hydroxylation sites is 1. The molecule has 1 fully saturated rings. The lowest BCUT2D eigenvalue weighted by Gasteiger charge is -2.15. The molecule has 0 unspecified atom stereocenters. The first-order valence-corrected chi connectivity index (χ1v) is 8.54. The minimum atomic E-state index is -4.66. The lowest BCUT2D eigenvalue weighted by molar-refractivity contribution is -0.159. The first kappa shape index (κ1) is 17.6. The van der Waals surface area contributed by atoms with E-state index >= 15 is 0 Å². The molecule has 0 aliphatic carbocycles. The van der Waals surface area contributed by atoms with Crippen molar-refractivity contribution < 1.29 is 22.5 Å². The third-order valence-electron chi connectivity index (χ3n) is 4.91. The fourth-order valence-corrected chi connectivity index (χ4v) is 3.55. The van der Waals surface area contributed by atoms with Gasteiger partial charge in [-0.1, -0.05) is 23.4 Å². The van der Waals surface area contributed by atoms with E-state index < -0.39 is 12.1 Å². The minimum absolute atomic E-state index is 0.00258. The third kappa shape index (κ3) is 3.29. The van der Waals surface area contributed by atoms with Crippen LogP contribution in [0.2, 0.25) is 0 Å². The molecule has 1 aliphatic rings. The lowest BCUT2D eigenvalue weighted by Crippen LogP contribution is -2.30. The predicted molar refractivity (Wildman–Crippen MR) is 89.9 cm³/mol. The second-order valence-corrected chi connectivity index (χ2v) is 6.74. The van der Waals surface area contributed by atoms with Crippen molar-refractivity contribution in [2.45, 2.75) is 24.9 Å². The average molecular weight is 378 g/mol. The summed E-state index contributed by atoms with van der Waals surface area (Å²) in [5.74, 6) is -1.75. The van der Waals surface area contributed by atoms with Gasteiger partial charge >= 0.3 is 12.1 Å². The number of likely N-dealkylation sites (tertiary alicyclic amines) is 1. The maximum absolute atomic E-state index is 12.7. The van der Waals surface area contributed by atoms with Crippen LogP contribution >= 0.6 is 0 Å². The van der Waals surface area contributed by atoms with E-state index in [-0.39, 0.29) is 24.1 Å². The fraction of sp³-hybridized carbons (Fsp3) is 0.389. The highest BCUT2D eigenvalue weighted by Crippen LogP contribution is 2.31. The van der Waals surface area contributed by atoms with Crippen molar-refractivity contribution in [3.8, 4) is 0 Å². The van der Waals surface area contributed by atoms with Crippen LogP contribution in [0.1, 0.15) is 29.6 Å². The SMILES string of the molecule is Cn1cc(CC(=O)N2CC[C@@H](c3noc(C(F)(F)F)n3)C2)c2ccccc21. The standard InChI is InChI=1S/C18H17F3N4O2/c1-24-9-12(13-4-2-3-5-14(13)24)8-15(26)25-7-6-11(10-25)16-22-17(27-23-16)18(19,20)21/h2-5,9,11H,6-8,10H2,1H3/t11-/m1/s1. The Kier molecular flexibility index (Phi) is 4.16. The van der Waals surface area contributed by atoms with Crippen LogP contribution in [0.3, 0.4) is 0 Å². The van der Waals surface area contributed by atoms with Crippen molar-refractivity contribution >= 4 is 16.8 Å². The molecule has 1 atom stereocenters. The van der Waals surface area contributed by atoms with Gasteiger partial charge in [-0.15, -0.1) is 0 Å². The van der Waals surface area contributed by atoms with E-state index in [0.717, 1.165) is 16.5 Å². The van der Waals surface area contributed by atoms with E-state index in [0.29, 0.717) is 19.5 Å². The lowest BCUT2D eigenvalue weighted by atomic mass is 10.1. The molecule has 27 heavy (non-hydrogen) atoms. The van der Waals surface area contributed by atoms with Gasteiger partial charge in [-0.3, -0.25) is 4.79 Å². The topological polar surface area (TPSA) is 64.2 Å². The number of rotatable bonds is 3. The molecule has 1 aromatic carbocycles. The van der Waals surface area contributed by atoms with E-state index in [9.17, 15) is 18.0 Å². The third-order valence-corrected chi connectivity index (χ3v) is 4.91. The number of aryl methyl sites for hydroxylation is 1. The largest absolute Gasteiger partial charge is 0.471 e. The molecule has 3 aromatic rings. The second kappa shape index (κ2) is 6.40. The molecular weight excluding hydrogens is 361 g/mol. The number of hydrogen-bond acceptors (Lipinski definition) is 4. The zero-order valence-electron chi connectivity index (χ0n) is 14.5. The van der Waals surface area contributed by atoms with Gasteiger partial charge in [0, 0.05) is 43.2 Å². The molecule has 0 spiro atoms. The Labute approximate surface area is 152 Å². The molecule has 6 nitrogen and oxygen atoms in total. The fourth-order valence-electron chi connectivity index (χ4n) is 3.55. The molecule has 9 heteroatoms. The molecule has 1 aliphatic heterocycles. The van der Waals surface area contributed by atoms with Gasteiger partial charge < -0.3 is 14.0 Å². The van der Waals surface area contributed by atoms with Gasteiger partial charge in [-0.2, -0.15) is 18.2 Å². The maximum Gasteiger partial charge on any atom is 0.471 e. The Bertz CT molecular complexity index is 992. The van der Waals surface area contributed by atoms with Gasteiger partial charge in [0.15, 0.2) is 5.82 Å². The van der Waals surface area contributed by atoms with Gasteiger partial charge in [0.25, 0.3) is 0 Å². The molecule has 2 aromatic heterocycles. The molecule has 3 heterocycles. The summed E-state index contributed by atoms with van der Waals surface area (Å²) in [4.78, 5) is 17.8. The summed E-state index contributed by atoms with van der Waals surface area (Å²) in [6, 6.07) is 7.84. The molecule has 4 rings (SSSR count). The van der Waals surface area contributed by atoms with Crippen molar-refractivity contribution in [1.29, 1.82) is 0 Å². The number of benzene rings is 1. The van der Waals surface area contributed by atoms with Gasteiger partial charge in [0.1, 0.15) is 0 Å². The number of aromatic nitrogens is 3. The van der Waals surface area contributed by atoms with Crippen LogP contribution < -0.4 is 0 Å². The molecule has 1 saturated heterocycles. The van der Waals surface area contributed by atoms with Crippen molar-refractivity contribution in [2.24, 2.45) is 7.05 Å². The van der Waals surface area contributed by atoms with E-state index in [4.69, 9.17) is 0 Å². The van der Waals surface area contributed by atoms with Crippen LogP contribution in [0.4, 0.5) is 13.2 Å². The molecular formula is C18H17F3N4O2. The Morgan fingerprint density at radius 3 is 2.85 bits per heavy atom. The highest BCUT2D eigenvalue weighted by Gasteiger charge is 2.40. The number of hydrogen-bond donors (Lipinski definition) is 0. The molecule has 0 bridgehead atoms. The highest BCUT2D eigenvalue weighted by atomic mass is 19.4. The van der Waals surface area contributed by atoms with Crippen LogP contribution in [0.15, 0.2) is 35.0 Å². The number of amides is 1. The summed E-state index contributed by atoms with van der Waals surface area (Å²) in [6.45, 7) is 0.755. The Hall–Kier alpha value is -2.84. The van der Waals surface area contributed by atoms with Crippen molar-refractivity contribution in [2.75, 3.05) is 13.1 Å². The number of alkyl halides is 3. The van der Waals surface area contributed by atoms with Crippen molar-refractivity contribution in [3.63, 3.8) is 0 Å². The zero-order valence-corrected chi connectivity index (χ0v) is 14.5. The Morgan fingerprint density at radius 1 is 1.33 bits per heavy atom. The number of carbonyl (C=O) groups is 1. The molecule has 0 radical (unpaired) electrons. The first-order valence-electron chi connectivity index (χ1n) is 8.54. The Morgan fingerprint density at radius 2 is 2.11 bits per heavy atom. The predicted octanol–water partition coefficient (Wildman–Crippen LogP) is 3.14. The minimum Gasteiger partial charge on any atom is -0.350 e. The summed E-state index contributed by atoms with van der Waals surface area (Å²) in [6.07, 6.45) is -1.97. The summed E-state index contributed by atoms with van der Waals surface area (Å²) < 4.78 is 44.1. The van der Waals surface area contributed by atoms with Crippen LogP contribution in [0, 0.1) is 0 Å². The normalized spacial score (nSPS) is 17.8. The van der Waals surface area contributed by atoms with E-state index in [1.807, 2.05) is 42.1 Å². The molecule has 0 saturated carbocycles. The smallest absolute Gasteiger partial charge is 0.350 e. The van der Waals surface area contributed by atoms with Crippen molar-refractivity contribution in [1.82, 2.24) is 19.6 Å². The highest BCUT2D eigenvalue weighted by molar-refractivity contribution is 5.89. The maximum atomic E-state index is 12.7. The number of carbonyl (C=O) groups excluding carboxylic acids is 1. The van der Waals surface area contributed by atoms with E-state index in [1.54, 1.807) is 4.90 Å². The monoisotopic (exact) mass is 378 g/mol. The first-order chi connectivity index (χ1) is 12.8. The number of nitrogens with zero attached hydrogens (tertiary/aromatic N) is 4. The molecule has 0 N–H and O–H groups in total. The summed E-state index contributed by atoms with van der Waals surface area (Å²) >= 11 is 0. The Balaban J connectivity index is 1.45. The van der Waals surface area contributed by atoms with Crippen LogP contribution in [0.5, 0.6) is 0 Å². The van der Waals surface area contributed by atoms with Crippen LogP contribution in [-0.4, -0.2) is 38.6 Å². The molecule has 142 valence electrons. The van der Waals surface area contributed by atoms with E-state index in [1.165, 1.54) is 0 Å². The number of halogens is 3. The quantitative estimate of drug-likeness (QED) is 0.702. The van der Waals surface area contributed by atoms with Gasteiger partial charge in [0.2, 0.25) is 5.91 Å². The van der Waals surface area contributed by atoms with Crippen LogP contribution in [0.25, 0.3) is 10.9 Å². The van der Waals surface area contributed by atoms with Gasteiger partial charge in [0.05, 0.1) is 6.42 Å². The van der Waals surface area contributed by atoms with Gasteiger partial charge in [-0.05, 0) is 18.1 Å². The molecule has 1 amide bonds. The average Bonchev–Trinajstić information content (AvgIpc) is 3.33. The second-order valence-electron chi connectivity index (χ2n) is 6.74. The number of fused-ring (bicyclic) bond motifs is 1. The van der Waals surface area contributed by atoms with E-state index in [2.05, 4.69) is 14.7 Å². The van der Waals surface area contributed by atoms with Gasteiger partial charge in [-0.25, -0.2) is 0 Å².